The molecule has 3 saturated heterocycles. The topological polar surface area (TPSA) is 186 Å². The minimum Gasteiger partial charge on any atom is -0.465 e. The van der Waals surface area contributed by atoms with Crippen molar-refractivity contribution in [2.24, 2.45) is 11.8 Å². The molecule has 0 radical (unpaired) electrons. The van der Waals surface area contributed by atoms with Crippen molar-refractivity contribution in [3.63, 3.8) is 0 Å². The van der Waals surface area contributed by atoms with Crippen molar-refractivity contribution in [2.75, 3.05) is 13.1 Å². The number of hydrogen-bond donors (Lipinski definition) is 4. The van der Waals surface area contributed by atoms with Crippen LogP contribution < -0.4 is 10.9 Å². The second-order valence-corrected chi connectivity index (χ2v) is 10.1. The van der Waals surface area contributed by atoms with Crippen LogP contribution in [0.25, 0.3) is 0 Å². The Hall–Kier alpha value is -2.65. The predicted molar refractivity (Wildman–Crippen MR) is 108 cm³/mol. The fourth-order valence-corrected chi connectivity index (χ4v) is 5.34. The number of carbonyl (C=O) groups excluding carboxylic acids is 3. The molecule has 1 aliphatic carbocycles. The van der Waals surface area contributed by atoms with E-state index in [0.717, 1.165) is 29.1 Å². The molecule has 4 N–H and O–H groups in total. The zero-order valence-corrected chi connectivity index (χ0v) is 18.6. The largest absolute Gasteiger partial charge is 0.465 e. The molecule has 4 atom stereocenters. The summed E-state index contributed by atoms with van der Waals surface area (Å²) in [6, 6.07) is -3.46. The number of hydroxylamine groups is 2. The standard InChI is InChI=1S/C18H27N5O9S/c24-15(13-4-3-12-9-22(13)17(26)23(12)32-33(29,30)31)19-20-16(25)14-8-11(7-10-1-2-10)5-6-21(14)18(27)28/h10-14H,1-9H2,(H,19,24)(H,20,25)(H,27,28)(H,29,30,31)/t11-,12+,13-,14-/m0/s1. The van der Waals surface area contributed by atoms with Gasteiger partial charge in [0.15, 0.2) is 0 Å². The summed E-state index contributed by atoms with van der Waals surface area (Å²) in [6.45, 7) is 0.257. The highest BCUT2D eigenvalue weighted by Crippen LogP contribution is 2.39. The van der Waals surface area contributed by atoms with Crippen LogP contribution in [-0.4, -0.2) is 88.1 Å². The minimum absolute atomic E-state index is 0.0125. The highest BCUT2D eigenvalue weighted by Gasteiger charge is 2.49. The van der Waals surface area contributed by atoms with E-state index >= 15 is 0 Å². The van der Waals surface area contributed by atoms with E-state index in [0.29, 0.717) is 23.8 Å². The van der Waals surface area contributed by atoms with Crippen molar-refractivity contribution in [2.45, 2.75) is 63.1 Å². The van der Waals surface area contributed by atoms with Gasteiger partial charge in [-0.05, 0) is 43.9 Å². The predicted octanol–water partition coefficient (Wildman–Crippen LogP) is -0.304. The summed E-state index contributed by atoms with van der Waals surface area (Å²) in [5, 5.41) is 9.98. The van der Waals surface area contributed by atoms with Crippen LogP contribution in [0.3, 0.4) is 0 Å². The summed E-state index contributed by atoms with van der Waals surface area (Å²) in [7, 11) is -4.90. The first kappa shape index (κ1) is 23.5. The summed E-state index contributed by atoms with van der Waals surface area (Å²) in [4.78, 5) is 51.6. The third kappa shape index (κ3) is 5.30. The van der Waals surface area contributed by atoms with E-state index in [1.807, 2.05) is 0 Å². The molecule has 4 fully saturated rings. The molecule has 33 heavy (non-hydrogen) atoms. The van der Waals surface area contributed by atoms with E-state index < -0.39 is 52.5 Å². The summed E-state index contributed by atoms with van der Waals surface area (Å²) in [6.07, 6.45) is 3.58. The number of carbonyl (C=O) groups is 4. The van der Waals surface area contributed by atoms with Crippen LogP contribution in [-0.2, 0) is 24.3 Å². The van der Waals surface area contributed by atoms with E-state index in [9.17, 15) is 32.7 Å². The SMILES string of the molecule is O=C(NNC(=O)[C@@H]1CC[C@@H]2CN1C(=O)N2OS(=O)(=O)O)[C@@H]1C[C@H](CC2CC2)CCN1C(=O)O. The maximum absolute atomic E-state index is 12.7. The lowest BCUT2D eigenvalue weighted by Gasteiger charge is -2.37. The van der Waals surface area contributed by atoms with Gasteiger partial charge < -0.3 is 10.0 Å². The molecule has 14 nitrogen and oxygen atoms in total. The number of nitrogens with one attached hydrogen (secondary N) is 2. The maximum atomic E-state index is 12.7. The quantitative estimate of drug-likeness (QED) is 0.287. The van der Waals surface area contributed by atoms with Gasteiger partial charge in [0.05, 0.1) is 6.04 Å². The van der Waals surface area contributed by atoms with E-state index in [2.05, 4.69) is 15.1 Å². The number of fused-ring (bicyclic) bond motifs is 2. The number of likely N-dealkylation sites (tertiary alicyclic amines) is 1. The number of nitrogens with zero attached hydrogens (tertiary/aromatic N) is 3. The average molecular weight is 490 g/mol. The van der Waals surface area contributed by atoms with Crippen molar-refractivity contribution in [1.29, 1.82) is 0 Å². The van der Waals surface area contributed by atoms with Gasteiger partial charge in [-0.2, -0.15) is 13.5 Å². The number of piperidine rings is 2. The number of urea groups is 1. The van der Waals surface area contributed by atoms with Gasteiger partial charge >= 0.3 is 22.5 Å². The van der Waals surface area contributed by atoms with Crippen molar-refractivity contribution >= 4 is 34.3 Å². The maximum Gasteiger partial charge on any atom is 0.418 e. The Morgan fingerprint density at radius 3 is 2.27 bits per heavy atom. The van der Waals surface area contributed by atoms with E-state index in [1.165, 1.54) is 0 Å². The third-order valence-corrected chi connectivity index (χ3v) is 7.08. The first-order chi connectivity index (χ1) is 15.5. The van der Waals surface area contributed by atoms with Crippen molar-refractivity contribution < 1.29 is 41.5 Å². The number of hydrogen-bond acceptors (Lipinski definition) is 7. The summed E-state index contributed by atoms with van der Waals surface area (Å²) in [5.74, 6) is -0.460. The van der Waals surface area contributed by atoms with E-state index in [1.54, 1.807) is 0 Å². The van der Waals surface area contributed by atoms with Crippen molar-refractivity contribution in [1.82, 2.24) is 25.7 Å². The van der Waals surface area contributed by atoms with Gasteiger partial charge in [0, 0.05) is 13.1 Å². The Balaban J connectivity index is 1.34. The Morgan fingerprint density at radius 2 is 1.67 bits per heavy atom. The molecule has 4 aliphatic rings. The normalized spacial score (nSPS) is 29.7. The molecular weight excluding hydrogens is 462 g/mol. The monoisotopic (exact) mass is 489 g/mol. The Kier molecular flexibility index (Phi) is 6.37. The van der Waals surface area contributed by atoms with Crippen LogP contribution in [0.4, 0.5) is 9.59 Å². The average Bonchev–Trinajstić information content (AvgIpc) is 3.54. The minimum atomic E-state index is -4.90. The molecule has 4 rings (SSSR count). The lowest BCUT2D eigenvalue weighted by molar-refractivity contribution is -0.135. The van der Waals surface area contributed by atoms with Gasteiger partial charge in [-0.25, -0.2) is 9.59 Å². The van der Waals surface area contributed by atoms with Crippen LogP contribution >= 0.6 is 0 Å². The molecule has 0 aromatic rings. The molecular formula is C18H27N5O9S. The van der Waals surface area contributed by atoms with Gasteiger partial charge in [0.25, 0.3) is 11.8 Å². The molecule has 0 aromatic heterocycles. The lowest BCUT2D eigenvalue weighted by atomic mass is 9.86. The number of hydrazine groups is 1. The molecule has 5 amide bonds. The summed E-state index contributed by atoms with van der Waals surface area (Å²) in [5.41, 5.74) is 4.55. The molecule has 0 unspecified atom stereocenters. The molecule has 15 heteroatoms. The second kappa shape index (κ2) is 8.95. The van der Waals surface area contributed by atoms with Crippen molar-refractivity contribution in [3.05, 3.63) is 0 Å². The molecule has 1 saturated carbocycles. The molecule has 0 aromatic carbocycles. The highest BCUT2D eigenvalue weighted by molar-refractivity contribution is 7.80. The van der Waals surface area contributed by atoms with E-state index in [-0.39, 0.29) is 31.8 Å². The molecule has 3 heterocycles. The van der Waals surface area contributed by atoms with Crippen LogP contribution in [0, 0.1) is 11.8 Å². The first-order valence-corrected chi connectivity index (χ1v) is 12.3. The van der Waals surface area contributed by atoms with Crippen LogP contribution in [0.15, 0.2) is 0 Å². The Morgan fingerprint density at radius 1 is 1.00 bits per heavy atom. The zero-order valence-electron chi connectivity index (χ0n) is 17.8. The fraction of sp³-hybridized carbons (Fsp3) is 0.778. The number of carboxylic acid groups (broad SMARTS) is 1. The highest BCUT2D eigenvalue weighted by atomic mass is 32.3. The van der Waals surface area contributed by atoms with Gasteiger partial charge in [-0.3, -0.25) is 29.9 Å². The Bertz CT molecular complexity index is 940. The number of amides is 5. The summed E-state index contributed by atoms with van der Waals surface area (Å²) >= 11 is 0. The van der Waals surface area contributed by atoms with Crippen LogP contribution in [0.5, 0.6) is 0 Å². The van der Waals surface area contributed by atoms with Crippen LogP contribution in [0.1, 0.15) is 44.9 Å². The zero-order chi connectivity index (χ0) is 23.9. The van der Waals surface area contributed by atoms with Crippen LogP contribution in [0.2, 0.25) is 0 Å². The fourth-order valence-electron chi connectivity index (χ4n) is 4.95. The number of rotatable bonds is 6. The van der Waals surface area contributed by atoms with Gasteiger partial charge in [-0.15, -0.1) is 4.28 Å². The van der Waals surface area contributed by atoms with Gasteiger partial charge in [0.2, 0.25) is 0 Å². The Labute approximate surface area is 190 Å². The molecule has 184 valence electrons. The second-order valence-electron chi connectivity index (χ2n) is 9.05. The lowest BCUT2D eigenvalue weighted by Crippen LogP contribution is -2.59. The van der Waals surface area contributed by atoms with E-state index in [4.69, 9.17) is 4.55 Å². The third-order valence-electron chi connectivity index (χ3n) is 6.73. The molecule has 2 bridgehead atoms. The smallest absolute Gasteiger partial charge is 0.418 e. The summed E-state index contributed by atoms with van der Waals surface area (Å²) < 4.78 is 35.1. The molecule has 3 aliphatic heterocycles. The molecule has 0 spiro atoms. The van der Waals surface area contributed by atoms with Gasteiger partial charge in [-0.1, -0.05) is 12.8 Å². The van der Waals surface area contributed by atoms with Crippen molar-refractivity contribution in [3.8, 4) is 0 Å². The van der Waals surface area contributed by atoms with Gasteiger partial charge in [0.1, 0.15) is 12.1 Å². The first-order valence-electron chi connectivity index (χ1n) is 10.9.